The molecule has 5 nitrogen and oxygen atoms in total. The van der Waals surface area contributed by atoms with Crippen LogP contribution in [0.1, 0.15) is 0 Å². The van der Waals surface area contributed by atoms with Gasteiger partial charge in [-0.2, -0.15) is 4.57 Å². The first-order chi connectivity index (χ1) is 5.16. The molecular weight excluding hydrogens is 172 g/mol. The van der Waals surface area contributed by atoms with Crippen LogP contribution in [0.5, 0.6) is 6.01 Å². The van der Waals surface area contributed by atoms with Gasteiger partial charge < -0.3 is 9.84 Å². The van der Waals surface area contributed by atoms with Gasteiger partial charge in [0.15, 0.2) is 0 Å². The largest absolute Gasteiger partial charge is 0.468 e. The summed E-state index contributed by atoms with van der Waals surface area (Å²) in [5.41, 5.74) is 0. The predicted molar refractivity (Wildman–Crippen MR) is 37.2 cm³/mol. The number of aromatic nitrogens is 2. The van der Waals surface area contributed by atoms with Crippen molar-refractivity contribution in [3.63, 3.8) is 0 Å². The molecule has 1 aromatic rings. The second-order valence-corrected chi connectivity index (χ2v) is 2.07. The quantitative estimate of drug-likeness (QED) is 0.695. The molecule has 11 heavy (non-hydrogen) atoms. The summed E-state index contributed by atoms with van der Waals surface area (Å²) >= 11 is 5.46. The Labute approximate surface area is 67.2 Å². The number of ether oxygens (including phenoxy) is 1. The number of hydrogen-bond acceptors (Lipinski definition) is 3. The van der Waals surface area contributed by atoms with Gasteiger partial charge in [-0.25, -0.2) is 9.78 Å². The third-order valence-electron chi connectivity index (χ3n) is 1.06. The van der Waals surface area contributed by atoms with Crippen molar-refractivity contribution in [3.8, 4) is 6.01 Å². The standard InChI is InChI=1S/C5H5ClN2O3/c1-11-4-7-2-3(6)8(4)5(9)10/h2H,1H3,(H,9,10). The van der Waals surface area contributed by atoms with Gasteiger partial charge in [0, 0.05) is 0 Å². The molecule has 0 saturated carbocycles. The summed E-state index contributed by atoms with van der Waals surface area (Å²) in [5, 5.41) is 8.53. The lowest BCUT2D eigenvalue weighted by Crippen LogP contribution is -2.09. The van der Waals surface area contributed by atoms with Crippen LogP contribution in [0, 0.1) is 0 Å². The van der Waals surface area contributed by atoms with Crippen LogP contribution in [0.4, 0.5) is 4.79 Å². The summed E-state index contributed by atoms with van der Waals surface area (Å²) in [7, 11) is 1.32. The van der Waals surface area contributed by atoms with E-state index in [1.54, 1.807) is 0 Å². The first kappa shape index (κ1) is 7.87. The minimum atomic E-state index is -1.22. The lowest BCUT2D eigenvalue weighted by atomic mass is 10.9. The van der Waals surface area contributed by atoms with Crippen LogP contribution in [-0.2, 0) is 0 Å². The molecule has 1 aromatic heterocycles. The monoisotopic (exact) mass is 176 g/mol. The number of halogens is 1. The molecule has 0 aliphatic carbocycles. The summed E-state index contributed by atoms with van der Waals surface area (Å²) in [5.74, 6) is 0. The topological polar surface area (TPSA) is 64.4 Å². The third-order valence-corrected chi connectivity index (χ3v) is 1.33. The maximum atomic E-state index is 10.4. The van der Waals surface area contributed by atoms with E-state index in [9.17, 15) is 4.79 Å². The molecule has 60 valence electrons. The minimum Gasteiger partial charge on any atom is -0.468 e. The average Bonchev–Trinajstić information content (AvgIpc) is 2.30. The number of rotatable bonds is 1. The number of carbonyl (C=O) groups is 1. The molecule has 1 heterocycles. The van der Waals surface area contributed by atoms with E-state index in [-0.39, 0.29) is 11.2 Å². The van der Waals surface area contributed by atoms with Crippen LogP contribution in [-0.4, -0.2) is 27.9 Å². The van der Waals surface area contributed by atoms with Crippen LogP contribution in [0.25, 0.3) is 0 Å². The van der Waals surface area contributed by atoms with Crippen molar-refractivity contribution in [1.29, 1.82) is 0 Å². The normalized spacial score (nSPS) is 9.64. The van der Waals surface area contributed by atoms with Crippen molar-refractivity contribution >= 4 is 17.7 Å². The summed E-state index contributed by atoms with van der Waals surface area (Å²) in [6.07, 6.45) is -0.0153. The number of hydrogen-bond donors (Lipinski definition) is 1. The van der Waals surface area contributed by atoms with Gasteiger partial charge in [-0.15, -0.1) is 0 Å². The van der Waals surface area contributed by atoms with Gasteiger partial charge in [-0.1, -0.05) is 11.6 Å². The molecule has 1 N–H and O–H groups in total. The highest BCUT2D eigenvalue weighted by Crippen LogP contribution is 2.16. The fourth-order valence-corrected chi connectivity index (χ4v) is 0.826. The number of methoxy groups -OCH3 is 1. The highest BCUT2D eigenvalue weighted by Gasteiger charge is 2.13. The molecule has 0 unspecified atom stereocenters. The first-order valence-corrected chi connectivity index (χ1v) is 3.05. The Morgan fingerprint density at radius 1 is 1.91 bits per heavy atom. The van der Waals surface area contributed by atoms with Crippen molar-refractivity contribution in [2.24, 2.45) is 0 Å². The zero-order valence-corrected chi connectivity index (χ0v) is 6.37. The Morgan fingerprint density at radius 2 is 2.55 bits per heavy atom. The zero-order valence-electron chi connectivity index (χ0n) is 5.61. The van der Waals surface area contributed by atoms with Gasteiger partial charge >= 0.3 is 12.1 Å². The van der Waals surface area contributed by atoms with E-state index in [0.29, 0.717) is 0 Å². The molecule has 6 heteroatoms. The molecule has 0 atom stereocenters. The zero-order chi connectivity index (χ0) is 8.43. The van der Waals surface area contributed by atoms with Gasteiger partial charge in [-0.05, 0) is 0 Å². The third kappa shape index (κ3) is 1.27. The summed E-state index contributed by atoms with van der Waals surface area (Å²) in [6.45, 7) is 0. The van der Waals surface area contributed by atoms with Crippen LogP contribution in [0.2, 0.25) is 5.15 Å². The lowest BCUT2D eigenvalue weighted by molar-refractivity contribution is 0.192. The van der Waals surface area contributed by atoms with Crippen molar-refractivity contribution < 1.29 is 14.6 Å². The summed E-state index contributed by atoms with van der Waals surface area (Å²) < 4.78 is 5.35. The highest BCUT2D eigenvalue weighted by molar-refractivity contribution is 6.30. The van der Waals surface area contributed by atoms with E-state index in [4.69, 9.17) is 16.7 Å². The molecule has 1 rings (SSSR count). The molecule has 0 amide bonds. The van der Waals surface area contributed by atoms with Gasteiger partial charge in [0.1, 0.15) is 5.15 Å². The van der Waals surface area contributed by atoms with E-state index in [2.05, 4.69) is 9.72 Å². The summed E-state index contributed by atoms with van der Waals surface area (Å²) in [4.78, 5) is 14.0. The van der Waals surface area contributed by atoms with Crippen LogP contribution in [0.3, 0.4) is 0 Å². The van der Waals surface area contributed by atoms with E-state index >= 15 is 0 Å². The fraction of sp³-hybridized carbons (Fsp3) is 0.200. The smallest absolute Gasteiger partial charge is 0.420 e. The first-order valence-electron chi connectivity index (χ1n) is 2.67. The second-order valence-electron chi connectivity index (χ2n) is 1.69. The maximum absolute atomic E-state index is 10.4. The fourth-order valence-electron chi connectivity index (χ4n) is 0.633. The second kappa shape index (κ2) is 2.79. The predicted octanol–water partition coefficient (Wildman–Crippen LogP) is 1.07. The highest BCUT2D eigenvalue weighted by atomic mass is 35.5. The van der Waals surface area contributed by atoms with Gasteiger partial charge in [-0.3, -0.25) is 0 Å². The average molecular weight is 177 g/mol. The van der Waals surface area contributed by atoms with Crippen molar-refractivity contribution in [3.05, 3.63) is 11.3 Å². The molecule has 0 radical (unpaired) electrons. The minimum absolute atomic E-state index is 0.00866. The Balaban J connectivity index is 3.17. The molecule has 0 saturated heterocycles. The molecule has 0 aromatic carbocycles. The SMILES string of the molecule is COc1ncc(Cl)n1C(=O)O. The Morgan fingerprint density at radius 3 is 2.91 bits per heavy atom. The van der Waals surface area contributed by atoms with Gasteiger partial charge in [0.25, 0.3) is 0 Å². The molecule has 0 spiro atoms. The van der Waals surface area contributed by atoms with Crippen molar-refractivity contribution in [1.82, 2.24) is 9.55 Å². The van der Waals surface area contributed by atoms with Gasteiger partial charge in [0.05, 0.1) is 13.3 Å². The molecule has 0 aliphatic rings. The molecule has 0 aliphatic heterocycles. The van der Waals surface area contributed by atoms with Gasteiger partial charge in [0.2, 0.25) is 0 Å². The van der Waals surface area contributed by atoms with E-state index < -0.39 is 6.09 Å². The lowest BCUT2D eigenvalue weighted by Gasteiger charge is -1.99. The van der Waals surface area contributed by atoms with Crippen LogP contribution in [0.15, 0.2) is 6.20 Å². The van der Waals surface area contributed by atoms with Crippen LogP contribution < -0.4 is 4.74 Å². The number of nitrogens with zero attached hydrogens (tertiary/aromatic N) is 2. The Kier molecular flexibility index (Phi) is 2.00. The number of carboxylic acid groups (broad SMARTS) is 1. The maximum Gasteiger partial charge on any atom is 0.420 e. The Hall–Kier alpha value is -1.23. The van der Waals surface area contributed by atoms with E-state index in [1.165, 1.54) is 13.3 Å². The molecule has 0 fully saturated rings. The number of imidazole rings is 1. The molecular formula is C5H5ClN2O3. The Bertz CT molecular complexity index is 283. The molecule has 0 bridgehead atoms. The summed E-state index contributed by atoms with van der Waals surface area (Å²) in [6, 6.07) is -0.0394. The van der Waals surface area contributed by atoms with Crippen LogP contribution >= 0.6 is 11.6 Å². The van der Waals surface area contributed by atoms with E-state index in [0.717, 1.165) is 4.57 Å². The van der Waals surface area contributed by atoms with Crippen molar-refractivity contribution in [2.45, 2.75) is 0 Å². The van der Waals surface area contributed by atoms with E-state index in [1.807, 2.05) is 0 Å². The van der Waals surface area contributed by atoms with Crippen molar-refractivity contribution in [2.75, 3.05) is 7.11 Å².